The third-order valence-corrected chi connectivity index (χ3v) is 6.05. The predicted octanol–water partition coefficient (Wildman–Crippen LogP) is 5.01. The lowest BCUT2D eigenvalue weighted by Crippen LogP contribution is -2.43. The molecule has 34 heavy (non-hydrogen) atoms. The van der Waals surface area contributed by atoms with E-state index in [0.717, 1.165) is 55.3 Å². The average Bonchev–Trinajstić information content (AvgIpc) is 2.87. The molecule has 5 heteroatoms. The highest BCUT2D eigenvalue weighted by Gasteiger charge is 2.15. The minimum Gasteiger partial charge on any atom is -0.494 e. The number of nitrogens with one attached hydrogen (secondary N) is 1. The summed E-state index contributed by atoms with van der Waals surface area (Å²) in [5.74, 6) is 0.689. The fraction of sp³-hybridized carbons (Fsp3) is 0.276. The zero-order chi connectivity index (χ0) is 23.8. The van der Waals surface area contributed by atoms with Gasteiger partial charge in [0, 0.05) is 44.0 Å². The molecule has 1 saturated heterocycles. The molecule has 0 bridgehead atoms. The van der Waals surface area contributed by atoms with Crippen LogP contribution in [0.5, 0.6) is 5.75 Å². The Morgan fingerprint density at radius 1 is 0.912 bits per heavy atom. The Balaban J connectivity index is 1.47. The molecule has 0 aromatic heterocycles. The van der Waals surface area contributed by atoms with E-state index in [4.69, 9.17) is 4.74 Å². The van der Waals surface area contributed by atoms with Crippen molar-refractivity contribution in [2.45, 2.75) is 13.5 Å². The second kappa shape index (κ2) is 11.6. The molecule has 1 heterocycles. The monoisotopic (exact) mass is 455 g/mol. The molecule has 1 aliphatic rings. The molecule has 0 unspecified atom stereocenters. The molecule has 3 aromatic carbocycles. The maximum absolute atomic E-state index is 13.3. The van der Waals surface area contributed by atoms with E-state index in [-0.39, 0.29) is 5.91 Å². The van der Waals surface area contributed by atoms with Crippen LogP contribution in [0.2, 0.25) is 0 Å². The third-order valence-electron chi connectivity index (χ3n) is 6.05. The van der Waals surface area contributed by atoms with Gasteiger partial charge >= 0.3 is 0 Å². The van der Waals surface area contributed by atoms with Crippen molar-refractivity contribution < 1.29 is 9.53 Å². The van der Waals surface area contributed by atoms with E-state index in [9.17, 15) is 4.79 Å². The SMILES string of the molecule is CCOc1ccc(/C=C(/C(=O)Nc2ccc(CN3CCN(C)CC3)cc2)c2ccccc2)cc1. The first kappa shape index (κ1) is 23.7. The molecule has 0 spiro atoms. The van der Waals surface area contributed by atoms with Crippen LogP contribution in [0.4, 0.5) is 5.69 Å². The molecule has 1 aliphatic heterocycles. The smallest absolute Gasteiger partial charge is 0.256 e. The van der Waals surface area contributed by atoms with Gasteiger partial charge in [-0.2, -0.15) is 0 Å². The zero-order valence-electron chi connectivity index (χ0n) is 20.0. The second-order valence-corrected chi connectivity index (χ2v) is 8.66. The third kappa shape index (κ3) is 6.56. The number of rotatable bonds is 8. The number of carbonyl (C=O) groups is 1. The van der Waals surface area contributed by atoms with Gasteiger partial charge < -0.3 is 15.0 Å². The van der Waals surface area contributed by atoms with Gasteiger partial charge in [0.05, 0.1) is 6.61 Å². The fourth-order valence-electron chi connectivity index (χ4n) is 4.05. The van der Waals surface area contributed by atoms with Gasteiger partial charge in [-0.05, 0) is 61.0 Å². The molecule has 1 amide bonds. The Morgan fingerprint density at radius 2 is 1.59 bits per heavy atom. The number of piperazine rings is 1. The van der Waals surface area contributed by atoms with Crippen LogP contribution < -0.4 is 10.1 Å². The lowest BCUT2D eigenvalue weighted by atomic mass is 10.0. The summed E-state index contributed by atoms with van der Waals surface area (Å²) in [5.41, 5.74) is 4.49. The summed E-state index contributed by atoms with van der Waals surface area (Å²) in [7, 11) is 2.17. The van der Waals surface area contributed by atoms with Crippen molar-refractivity contribution in [3.63, 3.8) is 0 Å². The summed E-state index contributed by atoms with van der Waals surface area (Å²) in [6.07, 6.45) is 1.92. The second-order valence-electron chi connectivity index (χ2n) is 8.66. The molecular formula is C29H33N3O2. The van der Waals surface area contributed by atoms with Crippen LogP contribution in [0, 0.1) is 0 Å². The fourth-order valence-corrected chi connectivity index (χ4v) is 4.05. The van der Waals surface area contributed by atoms with Gasteiger partial charge in [0.1, 0.15) is 5.75 Å². The van der Waals surface area contributed by atoms with Gasteiger partial charge in [-0.15, -0.1) is 0 Å². The Kier molecular flexibility index (Phi) is 8.12. The van der Waals surface area contributed by atoms with Crippen LogP contribution in [-0.2, 0) is 11.3 Å². The van der Waals surface area contributed by atoms with Crippen molar-refractivity contribution in [3.05, 3.63) is 95.6 Å². The first-order valence-electron chi connectivity index (χ1n) is 11.9. The lowest BCUT2D eigenvalue weighted by Gasteiger charge is -2.32. The Morgan fingerprint density at radius 3 is 2.24 bits per heavy atom. The quantitative estimate of drug-likeness (QED) is 0.383. The molecule has 176 valence electrons. The van der Waals surface area contributed by atoms with Crippen molar-refractivity contribution in [2.75, 3.05) is 45.2 Å². The van der Waals surface area contributed by atoms with Crippen LogP contribution in [0.15, 0.2) is 78.9 Å². The van der Waals surface area contributed by atoms with Crippen molar-refractivity contribution in [2.24, 2.45) is 0 Å². The normalized spacial score (nSPS) is 15.2. The summed E-state index contributed by atoms with van der Waals surface area (Å²) in [6.45, 7) is 7.92. The topological polar surface area (TPSA) is 44.8 Å². The standard InChI is InChI=1S/C29H33N3O2/c1-3-34-27-15-11-23(12-16-27)21-28(25-7-5-4-6-8-25)29(33)30-26-13-9-24(10-14-26)22-32-19-17-31(2)18-20-32/h4-16,21H,3,17-20,22H2,1-2H3,(H,30,33)/b28-21+. The van der Waals surface area contributed by atoms with Gasteiger partial charge in [0.25, 0.3) is 5.91 Å². The van der Waals surface area contributed by atoms with Crippen LogP contribution in [0.1, 0.15) is 23.6 Å². The maximum atomic E-state index is 13.3. The van der Waals surface area contributed by atoms with Crippen LogP contribution in [0.25, 0.3) is 11.6 Å². The number of ether oxygens (including phenoxy) is 1. The number of hydrogen-bond donors (Lipinski definition) is 1. The number of amides is 1. The maximum Gasteiger partial charge on any atom is 0.256 e. The Labute approximate surface area is 202 Å². The summed E-state index contributed by atoms with van der Waals surface area (Å²) in [4.78, 5) is 18.1. The van der Waals surface area contributed by atoms with Crippen molar-refractivity contribution in [3.8, 4) is 5.75 Å². The highest BCUT2D eigenvalue weighted by molar-refractivity contribution is 6.29. The van der Waals surface area contributed by atoms with Gasteiger partial charge in [-0.25, -0.2) is 0 Å². The van der Waals surface area contributed by atoms with E-state index >= 15 is 0 Å². The molecule has 0 radical (unpaired) electrons. The van der Waals surface area contributed by atoms with Crippen LogP contribution in [-0.4, -0.2) is 55.5 Å². The lowest BCUT2D eigenvalue weighted by molar-refractivity contribution is -0.111. The first-order valence-corrected chi connectivity index (χ1v) is 11.9. The van der Waals surface area contributed by atoms with Gasteiger partial charge in [0.15, 0.2) is 0 Å². The zero-order valence-corrected chi connectivity index (χ0v) is 20.0. The number of carbonyl (C=O) groups excluding carboxylic acids is 1. The van der Waals surface area contributed by atoms with Crippen molar-refractivity contribution in [1.82, 2.24) is 9.80 Å². The van der Waals surface area contributed by atoms with E-state index in [1.807, 2.05) is 79.7 Å². The van der Waals surface area contributed by atoms with E-state index in [0.29, 0.717) is 12.2 Å². The summed E-state index contributed by atoms with van der Waals surface area (Å²) >= 11 is 0. The molecule has 5 nitrogen and oxygen atoms in total. The number of nitrogens with zero attached hydrogens (tertiary/aromatic N) is 2. The first-order chi connectivity index (χ1) is 16.6. The molecule has 4 rings (SSSR count). The van der Waals surface area contributed by atoms with E-state index in [1.165, 1.54) is 5.56 Å². The molecule has 0 aliphatic carbocycles. The van der Waals surface area contributed by atoms with Crippen molar-refractivity contribution in [1.29, 1.82) is 0 Å². The number of anilines is 1. The average molecular weight is 456 g/mol. The molecular weight excluding hydrogens is 422 g/mol. The van der Waals surface area contributed by atoms with Crippen LogP contribution >= 0.6 is 0 Å². The molecule has 0 atom stereocenters. The van der Waals surface area contributed by atoms with Crippen molar-refractivity contribution >= 4 is 23.2 Å². The summed E-state index contributed by atoms with van der Waals surface area (Å²) < 4.78 is 5.53. The van der Waals surface area contributed by atoms with Crippen LogP contribution in [0.3, 0.4) is 0 Å². The molecule has 0 saturated carbocycles. The molecule has 1 N–H and O–H groups in total. The van der Waals surface area contributed by atoms with E-state index in [2.05, 4.69) is 34.3 Å². The molecule has 1 fully saturated rings. The number of benzene rings is 3. The summed E-state index contributed by atoms with van der Waals surface area (Å²) in [6, 6.07) is 25.7. The van der Waals surface area contributed by atoms with E-state index in [1.54, 1.807) is 0 Å². The van der Waals surface area contributed by atoms with Gasteiger partial charge in [-0.1, -0.05) is 54.6 Å². The van der Waals surface area contributed by atoms with Gasteiger partial charge in [-0.3, -0.25) is 9.69 Å². The Hall–Kier alpha value is -3.41. The largest absolute Gasteiger partial charge is 0.494 e. The number of hydrogen-bond acceptors (Lipinski definition) is 4. The minimum atomic E-state index is -0.132. The minimum absolute atomic E-state index is 0.132. The number of likely N-dealkylation sites (N-methyl/N-ethyl adjacent to an activating group) is 1. The summed E-state index contributed by atoms with van der Waals surface area (Å²) in [5, 5.41) is 3.08. The van der Waals surface area contributed by atoms with Gasteiger partial charge in [0.2, 0.25) is 0 Å². The highest BCUT2D eigenvalue weighted by Crippen LogP contribution is 2.22. The Bertz CT molecular complexity index is 1080. The predicted molar refractivity (Wildman–Crippen MR) is 140 cm³/mol. The highest BCUT2D eigenvalue weighted by atomic mass is 16.5. The molecule has 3 aromatic rings. The van der Waals surface area contributed by atoms with E-state index < -0.39 is 0 Å².